The molecule has 0 N–H and O–H groups in total. The van der Waals surface area contributed by atoms with Crippen molar-refractivity contribution >= 4 is 29.8 Å². The number of hydrogen-bond donors (Lipinski definition) is 0. The van der Waals surface area contributed by atoms with Crippen molar-refractivity contribution in [1.29, 1.82) is 0 Å². The summed E-state index contributed by atoms with van der Waals surface area (Å²) >= 11 is 0. The fourth-order valence-electron chi connectivity index (χ4n) is 2.77. The molecule has 1 heterocycles. The van der Waals surface area contributed by atoms with Crippen LogP contribution in [0.5, 0.6) is 0 Å². The predicted molar refractivity (Wildman–Crippen MR) is 88.3 cm³/mol. The van der Waals surface area contributed by atoms with E-state index in [1.807, 2.05) is 0 Å². The van der Waals surface area contributed by atoms with Crippen molar-refractivity contribution in [2.75, 3.05) is 0 Å². The second-order valence-corrected chi connectivity index (χ2v) is 6.12. The lowest BCUT2D eigenvalue weighted by Crippen LogP contribution is -2.64. The van der Waals surface area contributed by atoms with Gasteiger partial charge >= 0.3 is 29.8 Å². The van der Waals surface area contributed by atoms with Gasteiger partial charge in [-0.1, -0.05) is 0 Å². The lowest BCUT2D eigenvalue weighted by molar-refractivity contribution is -0.307. The summed E-state index contributed by atoms with van der Waals surface area (Å²) in [6, 6.07) is 0. The van der Waals surface area contributed by atoms with Crippen molar-refractivity contribution in [3.8, 4) is 0 Å². The summed E-state index contributed by atoms with van der Waals surface area (Å²) in [7, 11) is 0. The summed E-state index contributed by atoms with van der Waals surface area (Å²) < 4.78 is 31.3. The zero-order valence-corrected chi connectivity index (χ0v) is 16.5. The Hall–Kier alpha value is -2.69. The van der Waals surface area contributed by atoms with E-state index in [0.29, 0.717) is 0 Å². The molecule has 1 aliphatic heterocycles. The Kier molecular flexibility index (Phi) is 8.35. The van der Waals surface area contributed by atoms with Crippen LogP contribution >= 0.6 is 0 Å². The van der Waals surface area contributed by atoms with Crippen LogP contribution in [0.4, 0.5) is 0 Å². The summed E-state index contributed by atoms with van der Waals surface area (Å²) in [5, 5.41) is 0. The Morgan fingerprint density at radius 3 is 1.50 bits per heavy atom. The van der Waals surface area contributed by atoms with E-state index in [2.05, 4.69) is 0 Å². The second kappa shape index (κ2) is 10.0. The number of rotatable bonds is 6. The third kappa shape index (κ3) is 6.80. The Labute approximate surface area is 161 Å². The average molecular weight is 404 g/mol. The molecule has 11 heteroatoms. The summed E-state index contributed by atoms with van der Waals surface area (Å²) in [6.07, 6.45) is -7.79. The Morgan fingerprint density at radius 2 is 1.07 bits per heavy atom. The highest BCUT2D eigenvalue weighted by molar-refractivity contribution is 5.69. The van der Waals surface area contributed by atoms with Gasteiger partial charge in [-0.25, -0.2) is 0 Å². The van der Waals surface area contributed by atoms with Crippen LogP contribution in [0.3, 0.4) is 0 Å². The molecule has 158 valence electrons. The summed E-state index contributed by atoms with van der Waals surface area (Å²) in [6.45, 7) is 6.99. The molecule has 1 saturated heterocycles. The Morgan fingerprint density at radius 1 is 0.643 bits per heavy atom. The monoisotopic (exact) mass is 404 g/mol. The highest BCUT2D eigenvalue weighted by Gasteiger charge is 2.55. The maximum Gasteiger partial charge on any atom is 0.305 e. The van der Waals surface area contributed by atoms with Crippen LogP contribution in [0, 0.1) is 0 Å². The van der Waals surface area contributed by atoms with Crippen LogP contribution < -0.4 is 0 Å². The SMILES string of the molecule is CC(=O)OC1O[C@@H]([C@H](C)OC(C)=O)[C@@H](OC(C)=O)[C@@H](OC(C)=O)[C@@H]1OC(C)=O. The number of ether oxygens (including phenoxy) is 6. The molecule has 1 unspecified atom stereocenters. The van der Waals surface area contributed by atoms with E-state index in [1.54, 1.807) is 0 Å². The Bertz CT molecular complexity index is 629. The molecule has 1 aliphatic rings. The van der Waals surface area contributed by atoms with E-state index in [9.17, 15) is 24.0 Å². The predicted octanol–water partition coefficient (Wildman–Crippen LogP) is 0.0211. The van der Waals surface area contributed by atoms with Crippen LogP contribution in [0.15, 0.2) is 0 Å². The zero-order chi connectivity index (χ0) is 21.6. The summed E-state index contributed by atoms with van der Waals surface area (Å²) in [5.41, 5.74) is 0. The molecule has 0 aromatic heterocycles. The molecule has 6 atom stereocenters. The van der Waals surface area contributed by atoms with Crippen molar-refractivity contribution in [2.45, 2.75) is 78.4 Å². The minimum absolute atomic E-state index is 0.646. The molecule has 1 rings (SSSR count). The minimum atomic E-state index is -1.50. The van der Waals surface area contributed by atoms with Crippen molar-refractivity contribution in [1.82, 2.24) is 0 Å². The number of carbonyl (C=O) groups excluding carboxylic acids is 5. The number of carbonyl (C=O) groups is 5. The van der Waals surface area contributed by atoms with Gasteiger partial charge in [0, 0.05) is 34.6 Å². The first-order valence-electron chi connectivity index (χ1n) is 8.44. The van der Waals surface area contributed by atoms with E-state index in [1.165, 1.54) is 6.92 Å². The van der Waals surface area contributed by atoms with E-state index in [4.69, 9.17) is 28.4 Å². The van der Waals surface area contributed by atoms with Gasteiger partial charge in [0.05, 0.1) is 0 Å². The quantitative estimate of drug-likeness (QED) is 0.437. The maximum absolute atomic E-state index is 11.6. The number of hydrogen-bond acceptors (Lipinski definition) is 11. The van der Waals surface area contributed by atoms with Gasteiger partial charge < -0.3 is 28.4 Å². The summed E-state index contributed by atoms with van der Waals surface area (Å²) in [5.74, 6) is -3.72. The van der Waals surface area contributed by atoms with Crippen molar-refractivity contribution in [3.05, 3.63) is 0 Å². The van der Waals surface area contributed by atoms with Crippen molar-refractivity contribution in [3.63, 3.8) is 0 Å². The lowest BCUT2D eigenvalue weighted by atomic mass is 9.95. The van der Waals surface area contributed by atoms with Gasteiger partial charge in [-0.15, -0.1) is 0 Å². The Balaban J connectivity index is 3.39. The van der Waals surface area contributed by atoms with Gasteiger partial charge in [0.1, 0.15) is 12.2 Å². The first kappa shape index (κ1) is 23.3. The molecule has 0 aliphatic carbocycles. The van der Waals surface area contributed by atoms with Crippen LogP contribution in [0.2, 0.25) is 0 Å². The molecular weight excluding hydrogens is 380 g/mol. The first-order chi connectivity index (χ1) is 12.9. The fraction of sp³-hybridized carbons (Fsp3) is 0.706. The normalized spacial score (nSPS) is 27.7. The lowest BCUT2D eigenvalue weighted by Gasteiger charge is -2.45. The molecule has 0 spiro atoms. The zero-order valence-electron chi connectivity index (χ0n) is 16.5. The molecule has 0 aromatic rings. The van der Waals surface area contributed by atoms with Gasteiger partial charge in [0.15, 0.2) is 12.2 Å². The average Bonchev–Trinajstić information content (AvgIpc) is 2.50. The molecular formula is C17H24O11. The second-order valence-electron chi connectivity index (χ2n) is 6.12. The fourth-order valence-corrected chi connectivity index (χ4v) is 2.77. The smallest absolute Gasteiger partial charge is 0.305 e. The van der Waals surface area contributed by atoms with E-state index in [0.717, 1.165) is 34.6 Å². The number of esters is 5. The standard InChI is InChI=1S/C17H24O11/c1-7(23-8(2)18)13-14(24-9(3)19)15(25-10(4)20)16(26-11(5)21)17(28-13)27-12(6)22/h7,13-17H,1-6H3/t7-,13-,14+,15+,16-,17?/m0/s1. The highest BCUT2D eigenvalue weighted by Crippen LogP contribution is 2.31. The topological polar surface area (TPSA) is 141 Å². The molecule has 0 amide bonds. The van der Waals surface area contributed by atoms with E-state index < -0.39 is 66.7 Å². The molecule has 0 bridgehead atoms. The molecule has 11 nitrogen and oxygen atoms in total. The molecule has 1 fully saturated rings. The maximum atomic E-state index is 11.6. The third-order valence-electron chi connectivity index (χ3n) is 3.53. The first-order valence-corrected chi connectivity index (χ1v) is 8.44. The van der Waals surface area contributed by atoms with Gasteiger partial charge in [0.25, 0.3) is 0 Å². The third-order valence-corrected chi connectivity index (χ3v) is 3.53. The molecule has 0 saturated carbocycles. The van der Waals surface area contributed by atoms with Crippen LogP contribution in [-0.4, -0.2) is 66.7 Å². The van der Waals surface area contributed by atoms with Gasteiger partial charge in [0.2, 0.25) is 12.4 Å². The largest absolute Gasteiger partial charge is 0.460 e. The van der Waals surface area contributed by atoms with Crippen molar-refractivity contribution < 1.29 is 52.4 Å². The van der Waals surface area contributed by atoms with Crippen LogP contribution in [-0.2, 0) is 52.4 Å². The molecule has 0 radical (unpaired) electrons. The molecule has 0 aromatic carbocycles. The van der Waals surface area contributed by atoms with Crippen LogP contribution in [0.25, 0.3) is 0 Å². The van der Waals surface area contributed by atoms with Gasteiger partial charge in [-0.05, 0) is 6.92 Å². The van der Waals surface area contributed by atoms with E-state index >= 15 is 0 Å². The van der Waals surface area contributed by atoms with Gasteiger partial charge in [-0.2, -0.15) is 0 Å². The van der Waals surface area contributed by atoms with E-state index in [-0.39, 0.29) is 0 Å². The van der Waals surface area contributed by atoms with Crippen LogP contribution in [0.1, 0.15) is 41.5 Å². The van der Waals surface area contributed by atoms with Gasteiger partial charge in [-0.3, -0.25) is 24.0 Å². The summed E-state index contributed by atoms with van der Waals surface area (Å²) in [4.78, 5) is 57.5. The highest BCUT2D eigenvalue weighted by atomic mass is 16.7. The van der Waals surface area contributed by atoms with Crippen molar-refractivity contribution in [2.24, 2.45) is 0 Å². The minimum Gasteiger partial charge on any atom is -0.460 e. The molecule has 28 heavy (non-hydrogen) atoms.